The average Bonchev–Trinajstić information content (AvgIpc) is 2.47. The molecule has 0 fully saturated rings. The maximum atomic E-state index is 13.0. The summed E-state index contributed by atoms with van der Waals surface area (Å²) >= 11 is 0. The predicted octanol–water partition coefficient (Wildman–Crippen LogP) is 2.81. The molecule has 0 aliphatic rings. The zero-order valence-electron chi connectivity index (χ0n) is 11.2. The number of hydrogen-bond donors (Lipinski definition) is 1. The summed E-state index contributed by atoms with van der Waals surface area (Å²) in [6, 6.07) is 13.3. The first kappa shape index (κ1) is 14.1. The first-order chi connectivity index (χ1) is 9.69. The molecular weight excluding hydrogens is 257 g/mol. The maximum absolute atomic E-state index is 13.0. The molecule has 0 saturated heterocycles. The van der Waals surface area contributed by atoms with Crippen molar-refractivity contribution in [2.75, 3.05) is 13.7 Å². The predicted molar refractivity (Wildman–Crippen MR) is 75.4 cm³/mol. The molecule has 1 amide bonds. The van der Waals surface area contributed by atoms with Crippen molar-refractivity contribution >= 4 is 5.91 Å². The molecule has 0 aromatic heterocycles. The number of hydrogen-bond acceptors (Lipinski definition) is 2. The molecular formula is C16H16FNO2. The van der Waals surface area contributed by atoms with Crippen LogP contribution in [0, 0.1) is 5.82 Å². The Balaban J connectivity index is 1.88. The Bertz CT molecular complexity index is 599. The molecule has 0 spiro atoms. The third kappa shape index (κ3) is 3.82. The van der Waals surface area contributed by atoms with Crippen LogP contribution in [0.4, 0.5) is 4.39 Å². The molecule has 4 heteroatoms. The van der Waals surface area contributed by atoms with Crippen molar-refractivity contribution in [3.63, 3.8) is 0 Å². The summed E-state index contributed by atoms with van der Waals surface area (Å²) in [5.74, 6) is 0.108. The van der Waals surface area contributed by atoms with Gasteiger partial charge in [0.2, 0.25) is 0 Å². The van der Waals surface area contributed by atoms with Crippen LogP contribution in [0.1, 0.15) is 15.9 Å². The van der Waals surface area contributed by atoms with E-state index in [-0.39, 0.29) is 5.91 Å². The van der Waals surface area contributed by atoms with Crippen LogP contribution in [0.25, 0.3) is 0 Å². The van der Waals surface area contributed by atoms with E-state index in [1.54, 1.807) is 13.2 Å². The van der Waals surface area contributed by atoms with Gasteiger partial charge in [-0.15, -0.1) is 0 Å². The lowest BCUT2D eigenvalue weighted by Gasteiger charge is -2.07. The van der Waals surface area contributed by atoms with Gasteiger partial charge in [0.05, 0.1) is 7.11 Å². The van der Waals surface area contributed by atoms with Crippen LogP contribution in [0.15, 0.2) is 48.5 Å². The number of carbonyl (C=O) groups is 1. The third-order valence-electron chi connectivity index (χ3n) is 2.92. The minimum absolute atomic E-state index is 0.271. The number of ether oxygens (including phenoxy) is 1. The van der Waals surface area contributed by atoms with Gasteiger partial charge in [0, 0.05) is 12.1 Å². The van der Waals surface area contributed by atoms with Crippen molar-refractivity contribution in [2.24, 2.45) is 0 Å². The van der Waals surface area contributed by atoms with E-state index in [2.05, 4.69) is 5.32 Å². The van der Waals surface area contributed by atoms with Gasteiger partial charge in [0.1, 0.15) is 11.6 Å². The molecule has 0 unspecified atom stereocenters. The molecule has 104 valence electrons. The second-order valence-corrected chi connectivity index (χ2v) is 4.37. The number of methoxy groups -OCH3 is 1. The highest BCUT2D eigenvalue weighted by Crippen LogP contribution is 2.12. The minimum atomic E-state index is -0.412. The van der Waals surface area contributed by atoms with Crippen LogP contribution in [0.5, 0.6) is 5.75 Å². The lowest BCUT2D eigenvalue weighted by atomic mass is 10.1. The smallest absolute Gasteiger partial charge is 0.251 e. The first-order valence-electron chi connectivity index (χ1n) is 6.36. The molecule has 3 nitrogen and oxygen atoms in total. The van der Waals surface area contributed by atoms with Gasteiger partial charge in [-0.1, -0.05) is 18.2 Å². The van der Waals surface area contributed by atoms with E-state index in [1.807, 2.05) is 24.3 Å². The molecule has 0 heterocycles. The SMILES string of the molecule is COc1cccc(CCNC(=O)c2cccc(F)c2)c1. The summed E-state index contributed by atoms with van der Waals surface area (Å²) in [6.45, 7) is 0.489. The normalized spacial score (nSPS) is 10.1. The van der Waals surface area contributed by atoms with Crippen LogP contribution < -0.4 is 10.1 Å². The van der Waals surface area contributed by atoms with Crippen molar-refractivity contribution in [3.05, 3.63) is 65.5 Å². The highest BCUT2D eigenvalue weighted by Gasteiger charge is 2.05. The molecule has 20 heavy (non-hydrogen) atoms. The van der Waals surface area contributed by atoms with E-state index < -0.39 is 5.82 Å². The van der Waals surface area contributed by atoms with Crippen LogP contribution in [0.2, 0.25) is 0 Å². The Labute approximate surface area is 117 Å². The summed E-state index contributed by atoms with van der Waals surface area (Å²) in [4.78, 5) is 11.8. The Hall–Kier alpha value is -2.36. The van der Waals surface area contributed by atoms with Crippen molar-refractivity contribution < 1.29 is 13.9 Å². The highest BCUT2D eigenvalue weighted by atomic mass is 19.1. The van der Waals surface area contributed by atoms with Crippen molar-refractivity contribution in [2.45, 2.75) is 6.42 Å². The molecule has 2 aromatic rings. The molecule has 0 saturated carbocycles. The van der Waals surface area contributed by atoms with Gasteiger partial charge in [0.15, 0.2) is 0 Å². The number of benzene rings is 2. The van der Waals surface area contributed by atoms with E-state index in [1.165, 1.54) is 18.2 Å². The van der Waals surface area contributed by atoms with Crippen LogP contribution in [-0.2, 0) is 6.42 Å². The third-order valence-corrected chi connectivity index (χ3v) is 2.92. The van der Waals surface area contributed by atoms with Crippen LogP contribution >= 0.6 is 0 Å². The summed E-state index contributed by atoms with van der Waals surface area (Å²) in [5, 5.41) is 2.77. The summed E-state index contributed by atoms with van der Waals surface area (Å²) in [7, 11) is 1.62. The number of amides is 1. The summed E-state index contributed by atoms with van der Waals surface area (Å²) in [5.41, 5.74) is 1.40. The van der Waals surface area contributed by atoms with Crippen molar-refractivity contribution in [1.82, 2.24) is 5.32 Å². The second kappa shape index (κ2) is 6.70. The molecule has 0 aliphatic carbocycles. The molecule has 2 rings (SSSR count). The second-order valence-electron chi connectivity index (χ2n) is 4.37. The molecule has 0 aliphatic heterocycles. The molecule has 1 N–H and O–H groups in total. The average molecular weight is 273 g/mol. The van der Waals surface area contributed by atoms with E-state index in [4.69, 9.17) is 4.74 Å². The van der Waals surface area contributed by atoms with Crippen LogP contribution in [0.3, 0.4) is 0 Å². The van der Waals surface area contributed by atoms with Crippen molar-refractivity contribution in [3.8, 4) is 5.75 Å². The van der Waals surface area contributed by atoms with E-state index in [9.17, 15) is 9.18 Å². The fraction of sp³-hybridized carbons (Fsp3) is 0.188. The Kier molecular flexibility index (Phi) is 4.71. The van der Waals surface area contributed by atoms with E-state index in [0.29, 0.717) is 18.5 Å². The van der Waals surface area contributed by atoms with Gasteiger partial charge in [0.25, 0.3) is 5.91 Å². The van der Waals surface area contributed by atoms with Gasteiger partial charge in [-0.2, -0.15) is 0 Å². The lowest BCUT2D eigenvalue weighted by Crippen LogP contribution is -2.25. The number of halogens is 1. The zero-order chi connectivity index (χ0) is 14.4. The van der Waals surface area contributed by atoms with E-state index in [0.717, 1.165) is 11.3 Å². The Morgan fingerprint density at radius 1 is 1.20 bits per heavy atom. The summed E-state index contributed by atoms with van der Waals surface area (Å²) < 4.78 is 18.1. The molecule has 2 aromatic carbocycles. The Morgan fingerprint density at radius 3 is 2.75 bits per heavy atom. The van der Waals surface area contributed by atoms with Gasteiger partial charge in [-0.05, 0) is 42.3 Å². The number of nitrogens with one attached hydrogen (secondary N) is 1. The number of carbonyl (C=O) groups excluding carboxylic acids is 1. The Morgan fingerprint density at radius 2 is 2.00 bits per heavy atom. The fourth-order valence-corrected chi connectivity index (χ4v) is 1.88. The van der Waals surface area contributed by atoms with Gasteiger partial charge >= 0.3 is 0 Å². The standard InChI is InChI=1S/C16H16FNO2/c1-20-15-7-2-4-12(10-15)8-9-18-16(19)13-5-3-6-14(17)11-13/h2-7,10-11H,8-9H2,1H3,(H,18,19). The zero-order valence-corrected chi connectivity index (χ0v) is 11.2. The quantitative estimate of drug-likeness (QED) is 0.909. The highest BCUT2D eigenvalue weighted by molar-refractivity contribution is 5.94. The number of rotatable bonds is 5. The van der Waals surface area contributed by atoms with Crippen molar-refractivity contribution in [1.29, 1.82) is 0 Å². The molecule has 0 bridgehead atoms. The van der Waals surface area contributed by atoms with Gasteiger partial charge in [-0.25, -0.2) is 4.39 Å². The monoisotopic (exact) mass is 273 g/mol. The molecule has 0 radical (unpaired) electrons. The molecule has 0 atom stereocenters. The summed E-state index contributed by atoms with van der Waals surface area (Å²) in [6.07, 6.45) is 0.693. The van der Waals surface area contributed by atoms with Crippen LogP contribution in [-0.4, -0.2) is 19.6 Å². The fourth-order valence-electron chi connectivity index (χ4n) is 1.88. The first-order valence-corrected chi connectivity index (χ1v) is 6.36. The largest absolute Gasteiger partial charge is 0.497 e. The van der Waals surface area contributed by atoms with Gasteiger partial charge < -0.3 is 10.1 Å². The van der Waals surface area contributed by atoms with Gasteiger partial charge in [-0.3, -0.25) is 4.79 Å². The lowest BCUT2D eigenvalue weighted by molar-refractivity contribution is 0.0953. The van der Waals surface area contributed by atoms with E-state index >= 15 is 0 Å². The topological polar surface area (TPSA) is 38.3 Å². The maximum Gasteiger partial charge on any atom is 0.251 e. The minimum Gasteiger partial charge on any atom is -0.497 e.